The summed E-state index contributed by atoms with van der Waals surface area (Å²) in [4.78, 5) is 1.29. The summed E-state index contributed by atoms with van der Waals surface area (Å²) < 4.78 is 4.66. The first-order chi connectivity index (χ1) is 3.93. The fraction of sp³-hybridized carbons (Fsp3) is 0.667. The second kappa shape index (κ2) is 2.37. The van der Waals surface area contributed by atoms with Gasteiger partial charge in [0.2, 0.25) is 6.33 Å². The Kier molecular flexibility index (Phi) is 1.53. The molecule has 0 N–H and O–H groups in total. The maximum atomic E-state index is 4.66. The molecule has 0 amide bonds. The van der Waals surface area contributed by atoms with E-state index in [1.807, 2.05) is 0 Å². The molecule has 0 spiro atoms. The van der Waals surface area contributed by atoms with Gasteiger partial charge in [-0.25, -0.2) is 0 Å². The van der Waals surface area contributed by atoms with E-state index in [4.69, 9.17) is 0 Å². The zero-order chi connectivity index (χ0) is 5.82. The summed E-state index contributed by atoms with van der Waals surface area (Å²) in [6, 6.07) is 0. The van der Waals surface area contributed by atoms with E-state index >= 15 is 0 Å². The maximum absolute atomic E-state index is 4.66. The predicted molar refractivity (Wildman–Crippen MR) is 23.7 cm³/mol. The van der Waals surface area contributed by atoms with Crippen LogP contribution in [-0.2, 0) is 11.5 Å². The van der Waals surface area contributed by atoms with Crippen molar-refractivity contribution in [2.24, 2.45) is 0 Å². The molecule has 8 heavy (non-hydrogen) atoms. The van der Waals surface area contributed by atoms with Crippen LogP contribution in [0.1, 0.15) is 0 Å². The van der Waals surface area contributed by atoms with Crippen LogP contribution in [0.25, 0.3) is 0 Å². The Labute approximate surface area is 46.3 Å². The predicted octanol–water partition coefficient (Wildman–Crippen LogP) is -0.923. The molecular formula is C3H5N4O. The zero-order valence-corrected chi connectivity index (χ0v) is 4.40. The largest absolute Gasteiger partial charge is 0.361 e. The average molecular weight is 113 g/mol. The summed E-state index contributed by atoms with van der Waals surface area (Å²) in [6.45, 7) is 0.330. The quantitative estimate of drug-likeness (QED) is 0.497. The standard InChI is InChI=1S/C3H5N4O/c1-8-3-7-5-2-4-6-7/h3H2,1H3. The van der Waals surface area contributed by atoms with E-state index < -0.39 is 0 Å². The van der Waals surface area contributed by atoms with Gasteiger partial charge in [-0.05, 0) is 5.21 Å². The fourth-order valence-electron chi connectivity index (χ4n) is 0.333. The van der Waals surface area contributed by atoms with Gasteiger partial charge in [-0.3, -0.25) is 0 Å². The molecule has 0 bridgehead atoms. The summed E-state index contributed by atoms with van der Waals surface area (Å²) >= 11 is 0. The van der Waals surface area contributed by atoms with Crippen molar-refractivity contribution in [3.8, 4) is 0 Å². The highest BCUT2D eigenvalue weighted by atomic mass is 16.5. The number of hydrogen-bond acceptors (Lipinski definition) is 4. The minimum Gasteiger partial charge on any atom is -0.361 e. The van der Waals surface area contributed by atoms with Crippen molar-refractivity contribution < 1.29 is 4.74 Å². The van der Waals surface area contributed by atoms with Gasteiger partial charge in [0.1, 0.15) is 0 Å². The molecule has 1 heterocycles. The molecule has 0 aromatic carbocycles. The molecule has 5 heteroatoms. The normalized spacial score (nSPS) is 9.62. The number of nitrogens with zero attached hydrogens (tertiary/aromatic N) is 4. The van der Waals surface area contributed by atoms with Crippen molar-refractivity contribution in [3.63, 3.8) is 0 Å². The Balaban J connectivity index is 2.50. The van der Waals surface area contributed by atoms with Crippen molar-refractivity contribution >= 4 is 0 Å². The number of hydrogen-bond donors (Lipinski definition) is 0. The second-order valence-corrected chi connectivity index (χ2v) is 1.18. The highest BCUT2D eigenvalue weighted by Crippen LogP contribution is 1.71. The van der Waals surface area contributed by atoms with E-state index in [1.54, 1.807) is 7.11 Å². The summed E-state index contributed by atoms with van der Waals surface area (Å²) in [7, 11) is 1.56. The van der Waals surface area contributed by atoms with E-state index in [1.165, 1.54) is 4.80 Å². The summed E-state index contributed by atoms with van der Waals surface area (Å²) in [5.74, 6) is 0. The monoisotopic (exact) mass is 113 g/mol. The van der Waals surface area contributed by atoms with E-state index in [2.05, 4.69) is 26.5 Å². The molecule has 0 aliphatic carbocycles. The third kappa shape index (κ3) is 1.00. The van der Waals surface area contributed by atoms with Crippen molar-refractivity contribution in [2.75, 3.05) is 7.11 Å². The molecule has 5 nitrogen and oxygen atoms in total. The second-order valence-electron chi connectivity index (χ2n) is 1.18. The van der Waals surface area contributed by atoms with Crippen LogP contribution in [0.15, 0.2) is 0 Å². The van der Waals surface area contributed by atoms with Gasteiger partial charge >= 0.3 is 0 Å². The van der Waals surface area contributed by atoms with Crippen LogP contribution in [0.4, 0.5) is 0 Å². The third-order valence-electron chi connectivity index (χ3n) is 0.597. The molecule has 1 aromatic heterocycles. The van der Waals surface area contributed by atoms with Crippen LogP contribution < -0.4 is 0 Å². The molecule has 1 radical (unpaired) electrons. The number of rotatable bonds is 2. The molecule has 0 aliphatic rings. The molecule has 0 saturated carbocycles. The molecule has 0 unspecified atom stereocenters. The van der Waals surface area contributed by atoms with Crippen LogP contribution in [0.5, 0.6) is 0 Å². The molecule has 0 saturated heterocycles. The van der Waals surface area contributed by atoms with E-state index in [0.29, 0.717) is 6.73 Å². The van der Waals surface area contributed by atoms with Gasteiger partial charge in [0, 0.05) is 7.11 Å². The minimum atomic E-state index is 0.330. The van der Waals surface area contributed by atoms with Gasteiger partial charge in [0.05, 0.1) is 0 Å². The molecule has 0 fully saturated rings. The van der Waals surface area contributed by atoms with Crippen molar-refractivity contribution in [1.29, 1.82) is 0 Å². The lowest BCUT2D eigenvalue weighted by Gasteiger charge is -1.90. The SMILES string of the molecule is COCn1n[c]nn1. The summed E-state index contributed by atoms with van der Waals surface area (Å²) in [6.07, 6.45) is 2.29. The van der Waals surface area contributed by atoms with Crippen molar-refractivity contribution in [2.45, 2.75) is 6.73 Å². The first-order valence-electron chi connectivity index (χ1n) is 2.06. The van der Waals surface area contributed by atoms with Gasteiger partial charge in [-0.2, -0.15) is 0 Å². The Morgan fingerprint density at radius 1 is 1.75 bits per heavy atom. The number of ether oxygens (including phenoxy) is 1. The first kappa shape index (κ1) is 5.17. The Morgan fingerprint density at radius 3 is 3.12 bits per heavy atom. The lowest BCUT2D eigenvalue weighted by Crippen LogP contribution is -2.03. The van der Waals surface area contributed by atoms with Gasteiger partial charge in [0.25, 0.3) is 0 Å². The fourth-order valence-corrected chi connectivity index (χ4v) is 0.333. The molecule has 1 rings (SSSR count). The van der Waals surface area contributed by atoms with Gasteiger partial charge < -0.3 is 4.74 Å². The summed E-state index contributed by atoms with van der Waals surface area (Å²) in [5.41, 5.74) is 0. The smallest absolute Gasteiger partial charge is 0.245 e. The third-order valence-corrected chi connectivity index (χ3v) is 0.597. The van der Waals surface area contributed by atoms with Crippen LogP contribution in [0.2, 0.25) is 0 Å². The first-order valence-corrected chi connectivity index (χ1v) is 2.06. The van der Waals surface area contributed by atoms with Gasteiger partial charge in [-0.1, -0.05) is 0 Å². The molecule has 0 atom stereocenters. The van der Waals surface area contributed by atoms with Crippen molar-refractivity contribution in [1.82, 2.24) is 20.2 Å². The Hall–Kier alpha value is -0.970. The maximum Gasteiger partial charge on any atom is 0.245 e. The lowest BCUT2D eigenvalue weighted by atomic mass is 11.3. The van der Waals surface area contributed by atoms with Crippen molar-refractivity contribution in [3.05, 3.63) is 6.33 Å². The highest BCUT2D eigenvalue weighted by Gasteiger charge is 1.86. The zero-order valence-electron chi connectivity index (χ0n) is 4.40. The number of tetrazole rings is 1. The lowest BCUT2D eigenvalue weighted by molar-refractivity contribution is 0.107. The topological polar surface area (TPSA) is 52.8 Å². The highest BCUT2D eigenvalue weighted by molar-refractivity contribution is 4.28. The van der Waals surface area contributed by atoms with E-state index in [-0.39, 0.29) is 0 Å². The molecular weight excluding hydrogens is 108 g/mol. The molecule has 1 aromatic rings. The van der Waals surface area contributed by atoms with Crippen LogP contribution >= 0.6 is 0 Å². The molecule has 0 aliphatic heterocycles. The van der Waals surface area contributed by atoms with E-state index in [0.717, 1.165) is 0 Å². The minimum absolute atomic E-state index is 0.330. The van der Waals surface area contributed by atoms with E-state index in [9.17, 15) is 0 Å². The van der Waals surface area contributed by atoms with Gasteiger partial charge in [0.15, 0.2) is 6.73 Å². The summed E-state index contributed by atoms with van der Waals surface area (Å²) in [5, 5.41) is 10.4. The Morgan fingerprint density at radius 2 is 2.62 bits per heavy atom. The van der Waals surface area contributed by atoms with Gasteiger partial charge in [-0.15, -0.1) is 15.0 Å². The van der Waals surface area contributed by atoms with Crippen LogP contribution in [0.3, 0.4) is 0 Å². The van der Waals surface area contributed by atoms with Crippen LogP contribution in [0, 0.1) is 6.33 Å². The number of methoxy groups -OCH3 is 1. The molecule has 43 valence electrons. The Bertz CT molecular complexity index is 137. The average Bonchev–Trinajstić information content (AvgIpc) is 2.19. The number of aromatic nitrogens is 4. The van der Waals surface area contributed by atoms with Crippen LogP contribution in [-0.4, -0.2) is 27.3 Å².